The van der Waals surface area contributed by atoms with Gasteiger partial charge >= 0.3 is 0 Å². The van der Waals surface area contributed by atoms with E-state index in [9.17, 15) is 4.79 Å². The van der Waals surface area contributed by atoms with Crippen LogP contribution in [0.1, 0.15) is 0 Å². The van der Waals surface area contributed by atoms with Gasteiger partial charge in [-0.3, -0.25) is 4.79 Å². The Hall–Kier alpha value is -2.39. The standard InChI is InChI=1S/C14H16ClN3O3/c1-20-12-4-3-11(7-13(12)21-2)18-14(19)10(8-16)9-17-6-5-15/h3-4,7,9,17H,5-6H2,1-2H3,(H,18,19)/b10-9-. The number of nitrogens with zero attached hydrogens (tertiary/aromatic N) is 1. The molecule has 1 aromatic carbocycles. The van der Waals surface area contributed by atoms with Crippen molar-refractivity contribution in [2.45, 2.75) is 0 Å². The highest BCUT2D eigenvalue weighted by molar-refractivity contribution is 6.18. The third-order valence-corrected chi connectivity index (χ3v) is 2.68. The van der Waals surface area contributed by atoms with E-state index in [1.165, 1.54) is 20.4 Å². The Labute approximate surface area is 128 Å². The zero-order valence-corrected chi connectivity index (χ0v) is 12.5. The lowest BCUT2D eigenvalue weighted by Gasteiger charge is -2.10. The molecule has 0 saturated carbocycles. The summed E-state index contributed by atoms with van der Waals surface area (Å²) in [5, 5.41) is 14.3. The SMILES string of the molecule is COc1ccc(NC(=O)/C(C#N)=C\NCCCl)cc1OC. The van der Waals surface area contributed by atoms with Gasteiger partial charge < -0.3 is 20.1 Å². The normalized spacial score (nSPS) is 10.5. The number of nitrogens with one attached hydrogen (secondary N) is 2. The molecular weight excluding hydrogens is 294 g/mol. The molecule has 0 spiro atoms. The highest BCUT2D eigenvalue weighted by atomic mass is 35.5. The summed E-state index contributed by atoms with van der Waals surface area (Å²) in [6.45, 7) is 0.469. The lowest BCUT2D eigenvalue weighted by molar-refractivity contribution is -0.112. The van der Waals surface area contributed by atoms with Gasteiger partial charge in [-0.1, -0.05) is 0 Å². The topological polar surface area (TPSA) is 83.4 Å². The van der Waals surface area contributed by atoms with Crippen LogP contribution in [-0.4, -0.2) is 32.6 Å². The monoisotopic (exact) mass is 309 g/mol. The van der Waals surface area contributed by atoms with E-state index >= 15 is 0 Å². The van der Waals surface area contributed by atoms with Crippen LogP contribution in [0.3, 0.4) is 0 Å². The predicted octanol–water partition coefficient (Wildman–Crippen LogP) is 1.88. The number of nitriles is 1. The molecule has 0 aromatic heterocycles. The van der Waals surface area contributed by atoms with E-state index in [4.69, 9.17) is 26.3 Å². The minimum absolute atomic E-state index is 0.0464. The number of hydrogen-bond donors (Lipinski definition) is 2. The summed E-state index contributed by atoms with van der Waals surface area (Å²) in [6, 6.07) is 6.74. The summed E-state index contributed by atoms with van der Waals surface area (Å²) in [6.07, 6.45) is 1.33. The predicted molar refractivity (Wildman–Crippen MR) is 80.6 cm³/mol. The van der Waals surface area contributed by atoms with Crippen LogP contribution in [0.25, 0.3) is 0 Å². The van der Waals surface area contributed by atoms with E-state index < -0.39 is 5.91 Å². The number of ether oxygens (including phenoxy) is 2. The quantitative estimate of drug-likeness (QED) is 0.348. The fourth-order valence-corrected chi connectivity index (χ4v) is 1.60. The fourth-order valence-electron chi connectivity index (χ4n) is 1.49. The van der Waals surface area contributed by atoms with Gasteiger partial charge in [-0.25, -0.2) is 0 Å². The number of methoxy groups -OCH3 is 2. The first kappa shape index (κ1) is 16.7. The van der Waals surface area contributed by atoms with Gasteiger partial charge in [0.15, 0.2) is 11.5 Å². The molecule has 21 heavy (non-hydrogen) atoms. The largest absolute Gasteiger partial charge is 0.493 e. The van der Waals surface area contributed by atoms with Gasteiger partial charge in [-0.15, -0.1) is 11.6 Å². The average molecular weight is 310 g/mol. The second-order valence-electron chi connectivity index (χ2n) is 3.84. The van der Waals surface area contributed by atoms with Gasteiger partial charge in [0.1, 0.15) is 11.6 Å². The molecule has 1 aromatic rings. The Kier molecular flexibility index (Phi) is 6.92. The number of alkyl halides is 1. The Morgan fingerprint density at radius 2 is 2.10 bits per heavy atom. The summed E-state index contributed by atoms with van der Waals surface area (Å²) >= 11 is 5.50. The molecular formula is C14H16ClN3O3. The van der Waals surface area contributed by atoms with Crippen LogP contribution in [0.5, 0.6) is 11.5 Å². The summed E-state index contributed by atoms with van der Waals surface area (Å²) in [5.74, 6) is 0.896. The summed E-state index contributed by atoms with van der Waals surface area (Å²) in [5.41, 5.74) is 0.450. The van der Waals surface area contributed by atoms with Crippen LogP contribution >= 0.6 is 11.6 Å². The van der Waals surface area contributed by atoms with E-state index in [-0.39, 0.29) is 5.57 Å². The maximum atomic E-state index is 11.9. The first-order valence-corrected chi connectivity index (χ1v) is 6.62. The molecule has 112 valence electrons. The summed E-state index contributed by atoms with van der Waals surface area (Å²) < 4.78 is 10.2. The molecule has 0 fully saturated rings. The Bertz CT molecular complexity index is 567. The second-order valence-corrected chi connectivity index (χ2v) is 4.21. The van der Waals surface area contributed by atoms with Crippen LogP contribution < -0.4 is 20.1 Å². The number of amides is 1. The van der Waals surface area contributed by atoms with Crippen LogP contribution in [0, 0.1) is 11.3 Å². The third-order valence-electron chi connectivity index (χ3n) is 2.49. The van der Waals surface area contributed by atoms with Crippen molar-refractivity contribution in [1.29, 1.82) is 5.26 Å². The number of anilines is 1. The van der Waals surface area contributed by atoms with E-state index in [1.54, 1.807) is 18.2 Å². The van der Waals surface area contributed by atoms with Gasteiger partial charge in [0.2, 0.25) is 0 Å². The zero-order valence-electron chi connectivity index (χ0n) is 11.8. The minimum Gasteiger partial charge on any atom is -0.493 e. The van der Waals surface area contributed by atoms with Crippen molar-refractivity contribution in [2.24, 2.45) is 0 Å². The molecule has 0 aliphatic rings. The molecule has 2 N–H and O–H groups in total. The van der Waals surface area contributed by atoms with Gasteiger partial charge in [-0.05, 0) is 12.1 Å². The molecule has 1 amide bonds. The lowest BCUT2D eigenvalue weighted by atomic mass is 10.2. The molecule has 6 nitrogen and oxygen atoms in total. The summed E-state index contributed by atoms with van der Waals surface area (Å²) in [7, 11) is 3.02. The second kappa shape index (κ2) is 8.72. The molecule has 0 radical (unpaired) electrons. The van der Waals surface area contributed by atoms with Crippen LogP contribution in [0.4, 0.5) is 5.69 Å². The van der Waals surface area contributed by atoms with Crippen molar-refractivity contribution >= 4 is 23.2 Å². The van der Waals surface area contributed by atoms with E-state index in [2.05, 4.69) is 10.6 Å². The van der Waals surface area contributed by atoms with E-state index in [0.717, 1.165) is 0 Å². The molecule has 0 aliphatic carbocycles. The molecule has 0 aliphatic heterocycles. The number of carbonyl (C=O) groups is 1. The minimum atomic E-state index is -0.521. The molecule has 7 heteroatoms. The third kappa shape index (κ3) is 4.89. The van der Waals surface area contributed by atoms with Gasteiger partial charge in [-0.2, -0.15) is 5.26 Å². The lowest BCUT2D eigenvalue weighted by Crippen LogP contribution is -2.17. The van der Waals surface area contributed by atoms with E-state index in [0.29, 0.717) is 29.6 Å². The van der Waals surface area contributed by atoms with Crippen molar-refractivity contribution in [3.63, 3.8) is 0 Å². The number of carbonyl (C=O) groups excluding carboxylic acids is 1. The average Bonchev–Trinajstić information content (AvgIpc) is 2.51. The van der Waals surface area contributed by atoms with Gasteiger partial charge in [0, 0.05) is 30.4 Å². The van der Waals surface area contributed by atoms with Crippen molar-refractivity contribution in [3.05, 3.63) is 30.0 Å². The number of rotatable bonds is 7. The van der Waals surface area contributed by atoms with Crippen molar-refractivity contribution in [1.82, 2.24) is 5.32 Å². The van der Waals surface area contributed by atoms with Gasteiger partial charge in [0.05, 0.1) is 14.2 Å². The smallest absolute Gasteiger partial charge is 0.267 e. The number of halogens is 1. The first-order valence-electron chi connectivity index (χ1n) is 6.09. The van der Waals surface area contributed by atoms with Crippen molar-refractivity contribution < 1.29 is 14.3 Å². The van der Waals surface area contributed by atoms with Gasteiger partial charge in [0.25, 0.3) is 5.91 Å². The van der Waals surface area contributed by atoms with E-state index in [1.807, 2.05) is 6.07 Å². The highest BCUT2D eigenvalue weighted by Crippen LogP contribution is 2.29. The van der Waals surface area contributed by atoms with Crippen molar-refractivity contribution in [3.8, 4) is 17.6 Å². The van der Waals surface area contributed by atoms with Crippen LogP contribution in [-0.2, 0) is 4.79 Å². The first-order chi connectivity index (χ1) is 10.2. The maximum Gasteiger partial charge on any atom is 0.267 e. The maximum absolute atomic E-state index is 11.9. The van der Waals surface area contributed by atoms with Crippen LogP contribution in [0.15, 0.2) is 30.0 Å². The number of benzene rings is 1. The van der Waals surface area contributed by atoms with Crippen LogP contribution in [0.2, 0.25) is 0 Å². The summed E-state index contributed by atoms with van der Waals surface area (Å²) in [4.78, 5) is 11.9. The Balaban J connectivity index is 2.82. The molecule has 1 rings (SSSR count). The molecule has 0 atom stereocenters. The Morgan fingerprint density at radius 1 is 1.38 bits per heavy atom. The molecule has 0 saturated heterocycles. The fraction of sp³-hybridized carbons (Fsp3) is 0.286. The molecule has 0 bridgehead atoms. The Morgan fingerprint density at radius 3 is 2.67 bits per heavy atom. The highest BCUT2D eigenvalue weighted by Gasteiger charge is 2.11. The zero-order chi connectivity index (χ0) is 15.7. The van der Waals surface area contributed by atoms with Crippen molar-refractivity contribution in [2.75, 3.05) is 32.0 Å². The molecule has 0 unspecified atom stereocenters. The number of hydrogen-bond acceptors (Lipinski definition) is 5. The molecule has 0 heterocycles.